The van der Waals surface area contributed by atoms with Gasteiger partial charge in [0.2, 0.25) is 0 Å². The van der Waals surface area contributed by atoms with E-state index in [1.54, 1.807) is 17.4 Å². The molecule has 1 heterocycles. The zero-order chi connectivity index (χ0) is 9.97. The molecule has 0 bridgehead atoms. The zero-order valence-electron chi connectivity index (χ0n) is 8.08. The van der Waals surface area contributed by atoms with Crippen molar-refractivity contribution >= 4 is 22.9 Å². The number of hydrogen-bond acceptors (Lipinski definition) is 3. The molecule has 0 radical (unpaired) electrons. The first-order chi connectivity index (χ1) is 6.81. The number of thiophene rings is 1. The van der Waals surface area contributed by atoms with Crippen LogP contribution < -0.4 is 0 Å². The Kier molecular flexibility index (Phi) is 2.68. The third-order valence-corrected chi connectivity index (χ3v) is 3.27. The number of ether oxygens (including phenoxy) is 1. The minimum Gasteiger partial charge on any atom is -0.463 e. The summed E-state index contributed by atoms with van der Waals surface area (Å²) in [5.74, 6) is -0.221. The average molecular weight is 208 g/mol. The summed E-state index contributed by atoms with van der Waals surface area (Å²) in [6.07, 6.45) is 3.67. The van der Waals surface area contributed by atoms with Gasteiger partial charge in [-0.1, -0.05) is 0 Å². The molecule has 0 fully saturated rings. The molecule has 0 N–H and O–H groups in total. The molecule has 0 saturated heterocycles. The monoisotopic (exact) mass is 208 g/mol. The van der Waals surface area contributed by atoms with Gasteiger partial charge in [-0.3, -0.25) is 0 Å². The second-order valence-electron chi connectivity index (χ2n) is 3.18. The first-order valence-electron chi connectivity index (χ1n) is 4.75. The molecule has 1 aromatic rings. The Morgan fingerprint density at radius 1 is 1.64 bits per heavy atom. The van der Waals surface area contributed by atoms with Crippen molar-refractivity contribution in [2.24, 2.45) is 0 Å². The van der Waals surface area contributed by atoms with Crippen LogP contribution in [0, 0.1) is 0 Å². The maximum absolute atomic E-state index is 11.2. The van der Waals surface area contributed by atoms with Crippen molar-refractivity contribution < 1.29 is 9.53 Å². The number of fused-ring (bicyclic) bond motifs is 1. The van der Waals surface area contributed by atoms with Crippen LogP contribution >= 0.6 is 11.3 Å². The summed E-state index contributed by atoms with van der Waals surface area (Å²) in [6, 6.07) is 2.08. The second-order valence-corrected chi connectivity index (χ2v) is 4.18. The van der Waals surface area contributed by atoms with Gasteiger partial charge in [0.1, 0.15) is 0 Å². The first kappa shape index (κ1) is 9.46. The molecule has 2 rings (SSSR count). The van der Waals surface area contributed by atoms with E-state index < -0.39 is 0 Å². The molecule has 0 atom stereocenters. The molecule has 1 aromatic heterocycles. The van der Waals surface area contributed by atoms with Crippen LogP contribution in [0.1, 0.15) is 23.8 Å². The van der Waals surface area contributed by atoms with Crippen molar-refractivity contribution in [3.8, 4) is 0 Å². The van der Waals surface area contributed by atoms with Gasteiger partial charge in [0.25, 0.3) is 0 Å². The van der Waals surface area contributed by atoms with Crippen LogP contribution in [0.3, 0.4) is 0 Å². The number of aryl methyl sites for hydroxylation is 1. The molecule has 2 nitrogen and oxygen atoms in total. The highest BCUT2D eigenvalue weighted by Gasteiger charge is 2.18. The smallest absolute Gasteiger partial charge is 0.331 e. The van der Waals surface area contributed by atoms with E-state index in [1.165, 1.54) is 10.4 Å². The van der Waals surface area contributed by atoms with Crippen LogP contribution in [0.2, 0.25) is 0 Å². The molecule has 0 amide bonds. The number of allylic oxidation sites excluding steroid dienone is 1. The van der Waals surface area contributed by atoms with Crippen molar-refractivity contribution in [1.29, 1.82) is 0 Å². The summed E-state index contributed by atoms with van der Waals surface area (Å²) in [5, 5.41) is 2.07. The Morgan fingerprint density at radius 3 is 3.29 bits per heavy atom. The van der Waals surface area contributed by atoms with Gasteiger partial charge in [-0.25, -0.2) is 4.79 Å². The van der Waals surface area contributed by atoms with Gasteiger partial charge >= 0.3 is 5.97 Å². The normalized spacial score (nSPS) is 17.1. The number of carbonyl (C=O) groups is 1. The lowest BCUT2D eigenvalue weighted by Gasteiger charge is -1.98. The van der Waals surface area contributed by atoms with Gasteiger partial charge in [0.15, 0.2) is 0 Å². The van der Waals surface area contributed by atoms with E-state index >= 15 is 0 Å². The molecule has 0 aliphatic heterocycles. The Labute approximate surface area is 87.2 Å². The Bertz CT molecular complexity index is 376. The van der Waals surface area contributed by atoms with E-state index in [1.807, 2.05) is 6.92 Å². The highest BCUT2D eigenvalue weighted by atomic mass is 32.1. The van der Waals surface area contributed by atoms with E-state index in [4.69, 9.17) is 4.74 Å². The van der Waals surface area contributed by atoms with E-state index in [-0.39, 0.29) is 5.97 Å². The summed E-state index contributed by atoms with van der Waals surface area (Å²) in [6.45, 7) is 2.26. The summed E-state index contributed by atoms with van der Waals surface area (Å²) in [4.78, 5) is 12.6. The van der Waals surface area contributed by atoms with Crippen LogP contribution in [0.15, 0.2) is 17.5 Å². The minimum absolute atomic E-state index is 0.221. The quantitative estimate of drug-likeness (QED) is 0.551. The van der Waals surface area contributed by atoms with Gasteiger partial charge in [0, 0.05) is 11.0 Å². The maximum Gasteiger partial charge on any atom is 0.331 e. The summed E-state index contributed by atoms with van der Waals surface area (Å²) in [7, 11) is 0. The molecule has 1 aliphatic rings. The molecule has 0 unspecified atom stereocenters. The van der Waals surface area contributed by atoms with E-state index in [9.17, 15) is 4.79 Å². The highest BCUT2D eigenvalue weighted by molar-refractivity contribution is 7.10. The zero-order valence-corrected chi connectivity index (χ0v) is 8.89. The van der Waals surface area contributed by atoms with Crippen molar-refractivity contribution in [2.75, 3.05) is 6.61 Å². The molecule has 14 heavy (non-hydrogen) atoms. The maximum atomic E-state index is 11.2. The Morgan fingerprint density at radius 2 is 2.50 bits per heavy atom. The average Bonchev–Trinajstić information content (AvgIpc) is 2.70. The SMILES string of the molecule is CCOC(=O)/C=C1\CCc2sccc21. The van der Waals surface area contributed by atoms with Crippen LogP contribution in [0.25, 0.3) is 5.57 Å². The van der Waals surface area contributed by atoms with Gasteiger partial charge in [-0.05, 0) is 42.3 Å². The van der Waals surface area contributed by atoms with Crippen molar-refractivity contribution in [3.05, 3.63) is 28.0 Å². The highest BCUT2D eigenvalue weighted by Crippen LogP contribution is 2.35. The molecular weight excluding hydrogens is 196 g/mol. The third-order valence-electron chi connectivity index (χ3n) is 2.29. The summed E-state index contributed by atoms with van der Waals surface area (Å²) in [5.41, 5.74) is 2.36. The van der Waals surface area contributed by atoms with Gasteiger partial charge in [-0.2, -0.15) is 0 Å². The van der Waals surface area contributed by atoms with Gasteiger partial charge in [-0.15, -0.1) is 11.3 Å². The first-order valence-corrected chi connectivity index (χ1v) is 5.63. The van der Waals surface area contributed by atoms with E-state index in [0.717, 1.165) is 18.4 Å². The van der Waals surface area contributed by atoms with Crippen molar-refractivity contribution in [1.82, 2.24) is 0 Å². The molecule has 3 heteroatoms. The standard InChI is InChI=1S/C11H12O2S/c1-2-13-11(12)7-8-3-4-10-9(8)5-6-14-10/h5-7H,2-4H2,1H3/b8-7+. The number of hydrogen-bond donors (Lipinski definition) is 0. The Hall–Kier alpha value is -1.09. The summed E-state index contributed by atoms with van der Waals surface area (Å²) < 4.78 is 4.88. The van der Waals surface area contributed by atoms with E-state index in [2.05, 4.69) is 11.4 Å². The van der Waals surface area contributed by atoms with Crippen LogP contribution in [0.4, 0.5) is 0 Å². The largest absolute Gasteiger partial charge is 0.463 e. The van der Waals surface area contributed by atoms with Crippen molar-refractivity contribution in [2.45, 2.75) is 19.8 Å². The predicted octanol–water partition coefficient (Wildman–Crippen LogP) is 2.64. The molecular formula is C11H12O2S. The van der Waals surface area contributed by atoms with Crippen LogP contribution in [-0.2, 0) is 16.0 Å². The number of carbonyl (C=O) groups excluding carboxylic acids is 1. The fourth-order valence-electron chi connectivity index (χ4n) is 1.68. The lowest BCUT2D eigenvalue weighted by molar-refractivity contribution is -0.137. The second kappa shape index (κ2) is 3.96. The van der Waals surface area contributed by atoms with Gasteiger partial charge < -0.3 is 4.74 Å². The molecule has 0 aromatic carbocycles. The third kappa shape index (κ3) is 1.73. The number of esters is 1. The topological polar surface area (TPSA) is 26.3 Å². The lowest BCUT2D eigenvalue weighted by Crippen LogP contribution is -2.00. The van der Waals surface area contributed by atoms with Crippen LogP contribution in [-0.4, -0.2) is 12.6 Å². The summed E-state index contributed by atoms with van der Waals surface area (Å²) >= 11 is 1.76. The Balaban J connectivity index is 2.18. The van der Waals surface area contributed by atoms with E-state index in [0.29, 0.717) is 6.61 Å². The van der Waals surface area contributed by atoms with Crippen molar-refractivity contribution in [3.63, 3.8) is 0 Å². The fourth-order valence-corrected chi connectivity index (χ4v) is 2.59. The molecule has 74 valence electrons. The molecule has 0 saturated carbocycles. The minimum atomic E-state index is -0.221. The predicted molar refractivity (Wildman–Crippen MR) is 57.3 cm³/mol. The van der Waals surface area contributed by atoms with Gasteiger partial charge in [0.05, 0.1) is 6.61 Å². The van der Waals surface area contributed by atoms with Crippen LogP contribution in [0.5, 0.6) is 0 Å². The molecule has 1 aliphatic carbocycles. The number of rotatable bonds is 2. The fraction of sp³-hybridized carbons (Fsp3) is 0.364. The molecule has 0 spiro atoms. The lowest BCUT2D eigenvalue weighted by atomic mass is 10.1.